The molecule has 0 spiro atoms. The van der Waals surface area contributed by atoms with E-state index in [9.17, 15) is 28.8 Å². The Kier molecular flexibility index (Phi) is 14.7. The van der Waals surface area contributed by atoms with Crippen LogP contribution in [0.2, 0.25) is 0 Å². The van der Waals surface area contributed by atoms with E-state index in [0.717, 1.165) is 52.6 Å². The number of H-pyrrole nitrogens is 1. The van der Waals surface area contributed by atoms with Crippen LogP contribution in [0.1, 0.15) is 94.9 Å². The lowest BCUT2D eigenvalue weighted by Crippen LogP contribution is -2.56. The van der Waals surface area contributed by atoms with Crippen molar-refractivity contribution in [3.05, 3.63) is 113 Å². The zero-order valence-electron chi connectivity index (χ0n) is 37.0. The smallest absolute Gasteiger partial charge is 0.243 e. The van der Waals surface area contributed by atoms with Gasteiger partial charge >= 0.3 is 0 Å². The molecule has 1 aliphatic carbocycles. The van der Waals surface area contributed by atoms with Crippen molar-refractivity contribution < 1.29 is 28.8 Å². The summed E-state index contributed by atoms with van der Waals surface area (Å²) in [7, 11) is 0. The minimum absolute atomic E-state index is 0.0974. The molecule has 332 valence electrons. The third kappa shape index (κ3) is 10.8. The summed E-state index contributed by atoms with van der Waals surface area (Å²) in [5.74, 6) is -2.14. The van der Waals surface area contributed by atoms with Gasteiger partial charge in [0, 0.05) is 67.7 Å². The van der Waals surface area contributed by atoms with Crippen molar-refractivity contribution in [3.8, 4) is 0 Å². The van der Waals surface area contributed by atoms with Crippen molar-refractivity contribution in [2.24, 2.45) is 5.92 Å². The standard InChI is InChI=1S/C51H62N6O6/c1-32(2)48(60)42(29-36-23-22-35-16-8-9-17-38(35)36)54-49(61)43(28-34-14-6-5-7-15-34)55-51(63)45-21-13-27-57(45)47(59)25-24-46(58)41(30-37-31-52-40-19-11-10-18-39(37)40)53-50(62)44-20-12-26-56(44)33(3)4/h5-11,14-19,23,31-33,41-45,52H,12-13,20-22,24-30H2,1-4H3,(H,53,62)(H,54,61)(H,55,63)/t41-,42-,43-,44-,45-/m0/s1. The maximum Gasteiger partial charge on any atom is 0.243 e. The molecule has 0 saturated carbocycles. The second-order valence-corrected chi connectivity index (χ2v) is 18.0. The Bertz CT molecular complexity index is 2330. The SMILES string of the molecule is CC(C)C(=O)[C@H](CC1=CCc2ccccc21)NC(=O)[C@H](Cc1ccccc1)NC(=O)[C@@H]1CCCN1C(=O)CCC(=O)[C@H](Cc1c[nH]c2ccccc12)NC(=O)[C@@H]1CCCN1C(C)C. The van der Waals surface area contributed by atoms with Gasteiger partial charge in [-0.1, -0.05) is 92.7 Å². The van der Waals surface area contributed by atoms with Crippen LogP contribution in [-0.4, -0.2) is 99.3 Å². The number of likely N-dealkylation sites (tertiary alicyclic amines) is 2. The number of nitrogens with one attached hydrogen (secondary N) is 4. The van der Waals surface area contributed by atoms with Gasteiger partial charge in [-0.2, -0.15) is 0 Å². The van der Waals surface area contributed by atoms with E-state index in [2.05, 4.69) is 51.8 Å². The maximum absolute atomic E-state index is 14.3. The number of fused-ring (bicyclic) bond motifs is 2. The molecule has 2 fully saturated rings. The quantitative estimate of drug-likeness (QED) is 0.0918. The number of hydrogen-bond acceptors (Lipinski definition) is 7. The number of aromatic nitrogens is 1. The van der Waals surface area contributed by atoms with Crippen molar-refractivity contribution in [1.29, 1.82) is 0 Å². The van der Waals surface area contributed by atoms with Gasteiger partial charge in [0.15, 0.2) is 11.6 Å². The van der Waals surface area contributed by atoms with Crippen LogP contribution in [0.3, 0.4) is 0 Å². The summed E-state index contributed by atoms with van der Waals surface area (Å²) in [6.45, 7) is 8.92. The molecular formula is C51H62N6O6. The number of carbonyl (C=O) groups is 6. The highest BCUT2D eigenvalue weighted by atomic mass is 16.2. The van der Waals surface area contributed by atoms with Gasteiger partial charge < -0.3 is 25.8 Å². The summed E-state index contributed by atoms with van der Waals surface area (Å²) in [6.07, 6.45) is 7.89. The zero-order valence-corrected chi connectivity index (χ0v) is 37.0. The second kappa shape index (κ2) is 20.5. The number of rotatable bonds is 19. The van der Waals surface area contributed by atoms with Crippen LogP contribution in [0.25, 0.3) is 16.5 Å². The predicted molar refractivity (Wildman–Crippen MR) is 244 cm³/mol. The summed E-state index contributed by atoms with van der Waals surface area (Å²) < 4.78 is 0. The molecule has 0 bridgehead atoms. The van der Waals surface area contributed by atoms with E-state index in [0.29, 0.717) is 32.2 Å². The summed E-state index contributed by atoms with van der Waals surface area (Å²) in [5.41, 5.74) is 5.92. The number of nitrogens with zero attached hydrogens (tertiary/aromatic N) is 2. The molecule has 3 heterocycles. The van der Waals surface area contributed by atoms with E-state index in [-0.39, 0.29) is 67.1 Å². The highest BCUT2D eigenvalue weighted by molar-refractivity contribution is 5.97. The molecule has 4 N–H and O–H groups in total. The lowest BCUT2D eigenvalue weighted by atomic mass is 9.92. The molecule has 7 rings (SSSR count). The number of amides is 4. The third-order valence-corrected chi connectivity index (χ3v) is 13.0. The summed E-state index contributed by atoms with van der Waals surface area (Å²) in [4.78, 5) is 90.8. The number of ketones is 2. The Hall–Kier alpha value is -5.88. The number of para-hydroxylation sites is 1. The van der Waals surface area contributed by atoms with E-state index in [1.165, 1.54) is 10.5 Å². The predicted octanol–water partition coefficient (Wildman–Crippen LogP) is 5.88. The van der Waals surface area contributed by atoms with Gasteiger partial charge in [-0.05, 0) is 86.4 Å². The average Bonchev–Trinajstić information content (AvgIpc) is 4.12. The van der Waals surface area contributed by atoms with Crippen LogP contribution in [0, 0.1) is 5.92 Å². The number of carbonyl (C=O) groups excluding carboxylic acids is 6. The lowest BCUT2D eigenvalue weighted by Gasteiger charge is -2.29. The molecule has 0 radical (unpaired) electrons. The largest absolute Gasteiger partial charge is 0.361 e. The molecule has 1 aromatic heterocycles. The Labute approximate surface area is 370 Å². The third-order valence-electron chi connectivity index (χ3n) is 13.0. The first-order valence-electron chi connectivity index (χ1n) is 22.8. The van der Waals surface area contributed by atoms with Crippen LogP contribution in [0.4, 0.5) is 0 Å². The monoisotopic (exact) mass is 854 g/mol. The first-order valence-corrected chi connectivity index (χ1v) is 22.8. The highest BCUT2D eigenvalue weighted by Crippen LogP contribution is 2.31. The molecule has 4 amide bonds. The van der Waals surface area contributed by atoms with Crippen molar-refractivity contribution in [3.63, 3.8) is 0 Å². The molecule has 0 unspecified atom stereocenters. The van der Waals surface area contributed by atoms with Crippen LogP contribution >= 0.6 is 0 Å². The number of benzene rings is 3. The van der Waals surface area contributed by atoms with Crippen molar-refractivity contribution in [1.82, 2.24) is 30.7 Å². The molecule has 3 aromatic carbocycles. The first-order chi connectivity index (χ1) is 30.4. The van der Waals surface area contributed by atoms with Crippen LogP contribution in [0.15, 0.2) is 91.1 Å². The van der Waals surface area contributed by atoms with E-state index in [1.807, 2.05) is 92.8 Å². The van der Waals surface area contributed by atoms with Gasteiger partial charge in [-0.15, -0.1) is 0 Å². The van der Waals surface area contributed by atoms with E-state index < -0.39 is 36.0 Å². The van der Waals surface area contributed by atoms with Gasteiger partial charge in [0.1, 0.15) is 12.1 Å². The molecule has 12 heteroatoms. The Balaban J connectivity index is 1.03. The Morgan fingerprint density at radius 1 is 0.698 bits per heavy atom. The minimum atomic E-state index is -1.02. The van der Waals surface area contributed by atoms with Crippen LogP contribution < -0.4 is 16.0 Å². The minimum Gasteiger partial charge on any atom is -0.361 e. The summed E-state index contributed by atoms with van der Waals surface area (Å²) >= 11 is 0. The molecule has 2 aliphatic heterocycles. The van der Waals surface area contributed by atoms with Crippen molar-refractivity contribution in [2.75, 3.05) is 13.1 Å². The summed E-state index contributed by atoms with van der Waals surface area (Å²) in [5, 5.41) is 10.0. The van der Waals surface area contributed by atoms with Crippen LogP contribution in [-0.2, 0) is 48.0 Å². The van der Waals surface area contributed by atoms with Gasteiger partial charge in [-0.3, -0.25) is 33.7 Å². The fourth-order valence-electron chi connectivity index (χ4n) is 9.60. The maximum atomic E-state index is 14.3. The second-order valence-electron chi connectivity index (χ2n) is 18.0. The fourth-order valence-corrected chi connectivity index (χ4v) is 9.60. The molecule has 12 nitrogen and oxygen atoms in total. The molecular weight excluding hydrogens is 793 g/mol. The van der Waals surface area contributed by atoms with Gasteiger partial charge in [0.25, 0.3) is 0 Å². The number of aromatic amines is 1. The summed E-state index contributed by atoms with van der Waals surface area (Å²) in [6, 6.07) is 21.6. The van der Waals surface area contributed by atoms with Crippen molar-refractivity contribution >= 4 is 51.7 Å². The topological polar surface area (TPSA) is 161 Å². The molecule has 3 aliphatic rings. The van der Waals surface area contributed by atoms with Gasteiger partial charge in [0.05, 0.1) is 18.1 Å². The highest BCUT2D eigenvalue weighted by Gasteiger charge is 2.38. The van der Waals surface area contributed by atoms with E-state index in [4.69, 9.17) is 0 Å². The Morgan fingerprint density at radius 2 is 1.38 bits per heavy atom. The van der Waals surface area contributed by atoms with E-state index in [1.54, 1.807) is 0 Å². The normalized spacial score (nSPS) is 18.8. The molecule has 5 atom stereocenters. The number of allylic oxidation sites excluding steroid dienone is 1. The van der Waals surface area contributed by atoms with Crippen molar-refractivity contribution in [2.45, 2.75) is 128 Å². The molecule has 4 aromatic rings. The molecule has 2 saturated heterocycles. The number of Topliss-reactive ketones (excluding diaryl/α,β-unsaturated/α-hetero) is 2. The fraction of sp³-hybridized carbons (Fsp3) is 0.451. The van der Waals surface area contributed by atoms with Crippen LogP contribution in [0.5, 0.6) is 0 Å². The zero-order chi connectivity index (χ0) is 44.6. The average molecular weight is 855 g/mol. The lowest BCUT2D eigenvalue weighted by molar-refractivity contribution is -0.140. The molecule has 63 heavy (non-hydrogen) atoms. The Morgan fingerprint density at radius 3 is 2.16 bits per heavy atom. The first kappa shape index (κ1) is 45.2. The van der Waals surface area contributed by atoms with Gasteiger partial charge in [0.2, 0.25) is 23.6 Å². The van der Waals surface area contributed by atoms with Gasteiger partial charge in [-0.25, -0.2) is 0 Å². The van der Waals surface area contributed by atoms with E-state index >= 15 is 0 Å². The number of hydrogen-bond donors (Lipinski definition) is 4.